The quantitative estimate of drug-likeness (QED) is 0.207. The molecule has 262 valence electrons. The van der Waals surface area contributed by atoms with Gasteiger partial charge in [0.05, 0.1) is 12.7 Å². The highest BCUT2D eigenvalue weighted by Gasteiger charge is 2.62. The van der Waals surface area contributed by atoms with Crippen molar-refractivity contribution in [2.45, 2.75) is 141 Å². The first-order valence-electron chi connectivity index (χ1n) is 17.7. The minimum Gasteiger partial charge on any atom is -0.394 e. The molecular formula is C36H59NO9. The van der Waals surface area contributed by atoms with E-state index >= 15 is 0 Å². The fourth-order valence-electron chi connectivity index (χ4n) is 10.7. The van der Waals surface area contributed by atoms with Crippen LogP contribution < -0.4 is 5.32 Å². The first-order chi connectivity index (χ1) is 21.5. The second-order valence-corrected chi connectivity index (χ2v) is 16.3. The zero-order valence-corrected chi connectivity index (χ0v) is 28.8. The van der Waals surface area contributed by atoms with Crippen molar-refractivity contribution in [1.29, 1.82) is 0 Å². The Morgan fingerprint density at radius 2 is 1.78 bits per heavy atom. The number of hydrogen-bond acceptors (Lipinski definition) is 10. The van der Waals surface area contributed by atoms with Crippen molar-refractivity contribution in [3.05, 3.63) is 11.6 Å². The predicted octanol–water partition coefficient (Wildman–Crippen LogP) is 2.52. The molecule has 0 aromatic heterocycles. The summed E-state index contributed by atoms with van der Waals surface area (Å²) in [6, 6.07) is 0. The van der Waals surface area contributed by atoms with E-state index in [-0.39, 0.29) is 69.5 Å². The number of Topliss-reactive ketones (excluding diaryl/α,β-unsaturated/α-hetero) is 1. The zero-order valence-electron chi connectivity index (χ0n) is 28.8. The number of nitrogens with one attached hydrogen (secondary N) is 1. The highest BCUT2D eigenvalue weighted by Crippen LogP contribution is 2.66. The Hall–Kier alpha value is -1.24. The maximum Gasteiger partial charge on any atom is 0.186 e. The molecule has 1 saturated heterocycles. The van der Waals surface area contributed by atoms with Crippen LogP contribution in [0.3, 0.4) is 0 Å². The highest BCUT2D eigenvalue weighted by atomic mass is 16.7. The maximum absolute atomic E-state index is 14.0. The van der Waals surface area contributed by atoms with Crippen LogP contribution >= 0.6 is 0 Å². The third-order valence-corrected chi connectivity index (χ3v) is 13.9. The van der Waals surface area contributed by atoms with Gasteiger partial charge in [0.1, 0.15) is 30.5 Å². The normalized spacial score (nSPS) is 44.8. The average molecular weight is 650 g/mol. The van der Waals surface area contributed by atoms with Gasteiger partial charge in [-0.3, -0.25) is 9.59 Å². The molecule has 0 spiro atoms. The Morgan fingerprint density at radius 1 is 1.09 bits per heavy atom. The molecule has 10 nitrogen and oxygen atoms in total. The van der Waals surface area contributed by atoms with Crippen LogP contribution in [0.5, 0.6) is 0 Å². The lowest BCUT2D eigenvalue weighted by Crippen LogP contribution is -2.60. The first-order valence-corrected chi connectivity index (χ1v) is 17.7. The molecule has 0 bridgehead atoms. The second-order valence-electron chi connectivity index (χ2n) is 16.3. The van der Waals surface area contributed by atoms with Crippen LogP contribution in [0.4, 0.5) is 0 Å². The van der Waals surface area contributed by atoms with Crippen LogP contribution in [0.25, 0.3) is 0 Å². The lowest BCUT2D eigenvalue weighted by molar-refractivity contribution is -0.313. The number of aliphatic hydroxyl groups excluding tert-OH is 5. The smallest absolute Gasteiger partial charge is 0.186 e. The molecule has 5 aliphatic rings. The Morgan fingerprint density at radius 3 is 2.41 bits per heavy atom. The highest BCUT2D eigenvalue weighted by molar-refractivity contribution is 5.94. The molecule has 10 heteroatoms. The van der Waals surface area contributed by atoms with Gasteiger partial charge >= 0.3 is 0 Å². The van der Waals surface area contributed by atoms with E-state index in [1.807, 2.05) is 40.8 Å². The fraction of sp³-hybridized carbons (Fsp3) is 0.889. The minimum absolute atomic E-state index is 0.0778. The van der Waals surface area contributed by atoms with Crippen molar-refractivity contribution in [2.24, 2.45) is 46.3 Å². The van der Waals surface area contributed by atoms with Gasteiger partial charge < -0.3 is 40.3 Å². The van der Waals surface area contributed by atoms with Crippen molar-refractivity contribution in [3.8, 4) is 0 Å². The summed E-state index contributed by atoms with van der Waals surface area (Å²) in [6.07, 6.45) is 0.173. The zero-order chi connectivity index (χ0) is 33.9. The third-order valence-electron chi connectivity index (χ3n) is 13.9. The molecule has 1 aliphatic heterocycles. The molecule has 0 unspecified atom stereocenters. The van der Waals surface area contributed by atoms with Gasteiger partial charge in [0.15, 0.2) is 17.9 Å². The summed E-state index contributed by atoms with van der Waals surface area (Å²) in [5, 5.41) is 55.0. The molecule has 0 radical (unpaired) electrons. The predicted molar refractivity (Wildman–Crippen MR) is 171 cm³/mol. The van der Waals surface area contributed by atoms with E-state index < -0.39 is 43.4 Å². The molecule has 3 saturated carbocycles. The summed E-state index contributed by atoms with van der Waals surface area (Å²) >= 11 is 0. The van der Waals surface area contributed by atoms with Crippen LogP contribution in [-0.2, 0) is 19.1 Å². The van der Waals surface area contributed by atoms with Gasteiger partial charge in [-0.25, -0.2) is 0 Å². The van der Waals surface area contributed by atoms with E-state index in [9.17, 15) is 35.1 Å². The molecule has 6 N–H and O–H groups in total. The van der Waals surface area contributed by atoms with Crippen molar-refractivity contribution >= 4 is 11.6 Å². The monoisotopic (exact) mass is 649 g/mol. The minimum atomic E-state index is -1.50. The molecule has 0 aromatic carbocycles. The summed E-state index contributed by atoms with van der Waals surface area (Å²) in [5.74, 6) is -0.0136. The fourth-order valence-corrected chi connectivity index (χ4v) is 10.7. The Labute approximate surface area is 274 Å². The van der Waals surface area contributed by atoms with Crippen LogP contribution in [0.2, 0.25) is 0 Å². The largest absolute Gasteiger partial charge is 0.394 e. The number of aliphatic hydroxyl groups is 5. The van der Waals surface area contributed by atoms with Crippen molar-refractivity contribution in [2.75, 3.05) is 13.7 Å². The van der Waals surface area contributed by atoms with Crippen LogP contribution in [-0.4, -0.2) is 99.2 Å². The van der Waals surface area contributed by atoms with Crippen LogP contribution in [0, 0.1) is 46.3 Å². The summed E-state index contributed by atoms with van der Waals surface area (Å²) in [5.41, 5.74) is 0.355. The third kappa shape index (κ3) is 5.86. The molecule has 0 amide bonds. The second kappa shape index (κ2) is 13.2. The van der Waals surface area contributed by atoms with E-state index in [2.05, 4.69) is 19.2 Å². The number of ether oxygens (including phenoxy) is 2. The topological polar surface area (TPSA) is 166 Å². The number of carbonyl (C=O) groups is 2. The van der Waals surface area contributed by atoms with E-state index in [1.54, 1.807) is 0 Å². The van der Waals surface area contributed by atoms with E-state index in [0.717, 1.165) is 37.7 Å². The summed E-state index contributed by atoms with van der Waals surface area (Å²) < 4.78 is 11.7. The van der Waals surface area contributed by atoms with Crippen molar-refractivity contribution in [1.82, 2.24) is 5.32 Å². The number of ketones is 2. The molecule has 1 heterocycles. The number of hydrogen-bond donors (Lipinski definition) is 6. The van der Waals surface area contributed by atoms with Crippen molar-refractivity contribution in [3.63, 3.8) is 0 Å². The summed E-state index contributed by atoms with van der Waals surface area (Å²) in [4.78, 5) is 27.9. The van der Waals surface area contributed by atoms with E-state index in [4.69, 9.17) is 9.47 Å². The van der Waals surface area contributed by atoms with Crippen LogP contribution in [0.1, 0.15) is 92.9 Å². The lowest BCUT2D eigenvalue weighted by atomic mass is 9.46. The van der Waals surface area contributed by atoms with Gasteiger partial charge in [-0.2, -0.15) is 0 Å². The number of fused-ring (bicyclic) bond motifs is 5. The number of carbonyl (C=O) groups excluding carboxylic acids is 2. The van der Waals surface area contributed by atoms with E-state index in [1.165, 1.54) is 0 Å². The van der Waals surface area contributed by atoms with Crippen molar-refractivity contribution < 1.29 is 44.6 Å². The molecule has 0 aromatic rings. The molecule has 46 heavy (non-hydrogen) atoms. The summed E-state index contributed by atoms with van der Waals surface area (Å²) in [7, 11) is 1.87. The van der Waals surface area contributed by atoms with Gasteiger partial charge in [-0.05, 0) is 107 Å². The Bertz CT molecular complexity index is 1170. The van der Waals surface area contributed by atoms with Gasteiger partial charge in [0, 0.05) is 23.3 Å². The average Bonchev–Trinajstić information content (AvgIpc) is 3.38. The standard InChI is InChI=1S/C36H59NO9/c1-8-21(34(3,4)37-7)29(41)28(40)18(2)22-9-10-23-27-24(12-14-36(22,23)6)35(5)13-11-20(15-19(35)16-25(27)39)45-33-32(44)31(43)30(42)26(17-38)46-33/h16,18,20-24,26-27,29-33,37-38,41-44H,8-15,17H2,1-7H3/t18-,20-,21+,22+,23-,24-,26+,27-,29+,30+,31-,32+,33+,35-,36+/m0/s1. The number of allylic oxidation sites excluding steroid dienone is 1. The summed E-state index contributed by atoms with van der Waals surface area (Å²) in [6.45, 7) is 12.1. The Balaban J connectivity index is 1.30. The van der Waals surface area contributed by atoms with Crippen LogP contribution in [0.15, 0.2) is 11.6 Å². The molecular weight excluding hydrogens is 590 g/mol. The number of rotatable bonds is 10. The van der Waals surface area contributed by atoms with E-state index in [0.29, 0.717) is 19.3 Å². The molecule has 5 rings (SSSR count). The molecule has 4 aliphatic carbocycles. The molecule has 4 fully saturated rings. The van der Waals surface area contributed by atoms with Gasteiger partial charge in [-0.1, -0.05) is 33.3 Å². The maximum atomic E-state index is 14.0. The van der Waals surface area contributed by atoms with Gasteiger partial charge in [-0.15, -0.1) is 0 Å². The van der Waals surface area contributed by atoms with Gasteiger partial charge in [0.2, 0.25) is 0 Å². The Kier molecular flexibility index (Phi) is 10.4. The SMILES string of the molecule is CC[C@H]([C@@H](O)C(=O)[C@@H](C)[C@H]1CC[C@H]2[C@@H]3C(=O)C=C4C[C@@H](O[C@@H]5O[C@H](CO)[C@@H](O)[C@H](O)[C@H]5O)CC[C@]4(C)[C@H]3CC[C@]12C)C(C)(C)NC. The lowest BCUT2D eigenvalue weighted by Gasteiger charge is -2.57. The molecule has 15 atom stereocenters. The van der Waals surface area contributed by atoms with Gasteiger partial charge in [0.25, 0.3) is 0 Å². The first kappa shape index (κ1) is 36.1.